The van der Waals surface area contributed by atoms with E-state index in [1.807, 2.05) is 18.2 Å². The highest BCUT2D eigenvalue weighted by atomic mass is 16.5. The van der Waals surface area contributed by atoms with Crippen molar-refractivity contribution in [2.75, 3.05) is 50.9 Å². The maximum absolute atomic E-state index is 10.5. The molecular formula is C30H38N4O3. The monoisotopic (exact) mass is 502 g/mol. The zero-order valence-electron chi connectivity index (χ0n) is 22.3. The topological polar surface area (TPSA) is 71.0 Å². The number of hydrogen-bond acceptors (Lipinski definition) is 7. The maximum Gasteiger partial charge on any atom is 0.316 e. The number of aromatic hydroxyl groups is 1. The number of aromatic nitrogens is 2. The van der Waals surface area contributed by atoms with Gasteiger partial charge in [0.15, 0.2) is 0 Å². The molecule has 3 heterocycles. The summed E-state index contributed by atoms with van der Waals surface area (Å²) in [6, 6.07) is 10.5. The van der Waals surface area contributed by atoms with Crippen LogP contribution in [-0.2, 0) is 17.7 Å². The minimum absolute atomic E-state index is 0.221. The third-order valence-electron chi connectivity index (χ3n) is 8.24. The van der Waals surface area contributed by atoms with Gasteiger partial charge in [-0.25, -0.2) is 0 Å². The lowest BCUT2D eigenvalue weighted by Gasteiger charge is -2.33. The Balaban J connectivity index is 1.26. The summed E-state index contributed by atoms with van der Waals surface area (Å²) in [7, 11) is 0. The van der Waals surface area contributed by atoms with Crippen molar-refractivity contribution in [2.45, 2.75) is 52.5 Å². The number of phenols is 1. The van der Waals surface area contributed by atoms with Gasteiger partial charge in [0, 0.05) is 48.7 Å². The number of ether oxygens (including phenoxy) is 2. The highest BCUT2D eigenvalue weighted by molar-refractivity contribution is 5.98. The average Bonchev–Trinajstić information content (AvgIpc) is 3.66. The summed E-state index contributed by atoms with van der Waals surface area (Å²) >= 11 is 0. The molecule has 2 fully saturated rings. The van der Waals surface area contributed by atoms with Crippen molar-refractivity contribution in [3.8, 4) is 11.8 Å². The molecule has 1 aromatic heterocycles. The van der Waals surface area contributed by atoms with Gasteiger partial charge in [0.05, 0.1) is 37.8 Å². The summed E-state index contributed by atoms with van der Waals surface area (Å²) < 4.78 is 11.9. The summed E-state index contributed by atoms with van der Waals surface area (Å²) in [5.74, 6) is 0.598. The quantitative estimate of drug-likeness (QED) is 0.497. The molecule has 0 amide bonds. The lowest BCUT2D eigenvalue weighted by atomic mass is 9.95. The number of nitrogens with zero attached hydrogens (tertiary/aromatic N) is 4. The van der Waals surface area contributed by atoms with Gasteiger partial charge in [0.1, 0.15) is 5.75 Å². The van der Waals surface area contributed by atoms with E-state index < -0.39 is 0 Å². The molecule has 37 heavy (non-hydrogen) atoms. The first-order chi connectivity index (χ1) is 17.9. The molecule has 0 spiro atoms. The van der Waals surface area contributed by atoms with Gasteiger partial charge in [-0.1, -0.05) is 32.0 Å². The fraction of sp³-hybridized carbons (Fsp3) is 0.533. The third-order valence-corrected chi connectivity index (χ3v) is 8.24. The van der Waals surface area contributed by atoms with E-state index in [1.165, 1.54) is 29.4 Å². The first-order valence-electron chi connectivity index (χ1n) is 13.7. The Kier molecular flexibility index (Phi) is 6.45. The molecule has 6 rings (SSSR count). The van der Waals surface area contributed by atoms with Gasteiger partial charge in [0.2, 0.25) is 0 Å². The van der Waals surface area contributed by atoms with E-state index in [-0.39, 0.29) is 5.41 Å². The van der Waals surface area contributed by atoms with Crippen LogP contribution in [0.25, 0.3) is 10.8 Å². The Labute approximate surface area is 219 Å². The van der Waals surface area contributed by atoms with Crippen molar-refractivity contribution in [3.63, 3.8) is 0 Å². The van der Waals surface area contributed by atoms with Gasteiger partial charge in [-0.15, -0.1) is 0 Å². The highest BCUT2D eigenvalue weighted by Gasteiger charge is 2.45. The molecular weight excluding hydrogens is 464 g/mol. The molecule has 0 radical (unpaired) electrons. The van der Waals surface area contributed by atoms with Gasteiger partial charge < -0.3 is 19.5 Å². The second-order valence-electron chi connectivity index (χ2n) is 11.5. The average molecular weight is 503 g/mol. The molecule has 7 nitrogen and oxygen atoms in total. The van der Waals surface area contributed by atoms with Crippen LogP contribution in [0.5, 0.6) is 11.8 Å². The molecule has 3 aliphatic rings. The van der Waals surface area contributed by atoms with E-state index in [1.54, 1.807) is 0 Å². The van der Waals surface area contributed by atoms with Crippen molar-refractivity contribution in [3.05, 3.63) is 52.8 Å². The molecule has 3 aromatic rings. The number of anilines is 1. The number of rotatable bonds is 7. The standard InChI is InChI=1S/C30H38N4O3/c1-20(2)28-24-7-10-34(26-16-23(35)15-22-6-4-5-21(3)27(22)26)17-25(24)31-29(32-28)37-19-30(8-9-30)18-33-11-13-36-14-12-33/h4-6,15-16,20,35H,7-14,17-19H2,1-3H3. The second-order valence-corrected chi connectivity index (χ2v) is 11.5. The van der Waals surface area contributed by atoms with E-state index in [2.05, 4.69) is 42.7 Å². The molecule has 0 bridgehead atoms. The van der Waals surface area contributed by atoms with Crippen LogP contribution in [0.1, 0.15) is 55.1 Å². The first-order valence-corrected chi connectivity index (χ1v) is 13.7. The number of benzene rings is 2. The predicted octanol–water partition coefficient (Wildman–Crippen LogP) is 4.82. The SMILES string of the molecule is Cc1cccc2cc(O)cc(N3CCc4c(nc(OCC5(CN6CCOCC6)CC5)nc4C(C)C)C3)c12. The molecule has 196 valence electrons. The molecule has 2 aliphatic heterocycles. The van der Waals surface area contributed by atoms with Crippen molar-refractivity contribution in [1.82, 2.24) is 14.9 Å². The van der Waals surface area contributed by atoms with Crippen LogP contribution in [0.15, 0.2) is 30.3 Å². The highest BCUT2D eigenvalue weighted by Crippen LogP contribution is 2.46. The first kappa shape index (κ1) is 24.4. The zero-order valence-corrected chi connectivity index (χ0v) is 22.3. The van der Waals surface area contributed by atoms with Gasteiger partial charge in [-0.3, -0.25) is 4.90 Å². The molecule has 1 saturated carbocycles. The van der Waals surface area contributed by atoms with Crippen LogP contribution in [-0.4, -0.2) is 66.0 Å². The Morgan fingerprint density at radius 3 is 2.68 bits per heavy atom. The summed E-state index contributed by atoms with van der Waals surface area (Å²) in [5, 5.41) is 12.7. The van der Waals surface area contributed by atoms with Crippen LogP contribution in [0.2, 0.25) is 0 Å². The maximum atomic E-state index is 10.5. The van der Waals surface area contributed by atoms with Crippen LogP contribution in [0.3, 0.4) is 0 Å². The number of aryl methyl sites for hydroxylation is 1. The molecule has 2 aromatic carbocycles. The summed E-state index contributed by atoms with van der Waals surface area (Å²) in [5.41, 5.74) is 5.90. The largest absolute Gasteiger partial charge is 0.508 e. The summed E-state index contributed by atoms with van der Waals surface area (Å²) in [6.45, 7) is 13.5. The fourth-order valence-electron chi connectivity index (χ4n) is 5.98. The second kappa shape index (κ2) is 9.76. The number of morpholine rings is 1. The molecule has 0 unspecified atom stereocenters. The van der Waals surface area contributed by atoms with Gasteiger partial charge >= 0.3 is 6.01 Å². The molecule has 7 heteroatoms. The van der Waals surface area contributed by atoms with E-state index in [9.17, 15) is 5.11 Å². The zero-order chi connectivity index (χ0) is 25.6. The van der Waals surface area contributed by atoms with Gasteiger partial charge in [-0.05, 0) is 54.7 Å². The minimum Gasteiger partial charge on any atom is -0.508 e. The van der Waals surface area contributed by atoms with E-state index >= 15 is 0 Å². The van der Waals surface area contributed by atoms with Crippen LogP contribution >= 0.6 is 0 Å². The van der Waals surface area contributed by atoms with Crippen LogP contribution in [0.4, 0.5) is 5.69 Å². The number of hydrogen-bond donors (Lipinski definition) is 1. The predicted molar refractivity (Wildman–Crippen MR) is 146 cm³/mol. The van der Waals surface area contributed by atoms with Crippen LogP contribution in [0, 0.1) is 12.3 Å². The van der Waals surface area contributed by atoms with Gasteiger partial charge in [0.25, 0.3) is 0 Å². The minimum atomic E-state index is 0.221. The third kappa shape index (κ3) is 4.99. The smallest absolute Gasteiger partial charge is 0.316 e. The molecule has 1 saturated heterocycles. The lowest BCUT2D eigenvalue weighted by Crippen LogP contribution is -2.41. The van der Waals surface area contributed by atoms with Crippen molar-refractivity contribution < 1.29 is 14.6 Å². The lowest BCUT2D eigenvalue weighted by molar-refractivity contribution is 0.0231. The van der Waals surface area contributed by atoms with Gasteiger partial charge in [-0.2, -0.15) is 9.97 Å². The van der Waals surface area contributed by atoms with E-state index in [0.717, 1.165) is 68.3 Å². The number of phenolic OH excluding ortho intramolecular Hbond substituents is 1. The normalized spacial score (nSPS) is 19.3. The summed E-state index contributed by atoms with van der Waals surface area (Å²) in [4.78, 5) is 14.7. The molecule has 0 atom stereocenters. The van der Waals surface area contributed by atoms with Crippen molar-refractivity contribution in [1.29, 1.82) is 0 Å². The molecule has 1 aliphatic carbocycles. The molecule has 1 N–H and O–H groups in total. The Hall–Kier alpha value is -2.90. The Morgan fingerprint density at radius 2 is 1.92 bits per heavy atom. The summed E-state index contributed by atoms with van der Waals surface area (Å²) in [6.07, 6.45) is 3.28. The van der Waals surface area contributed by atoms with Crippen molar-refractivity contribution in [2.24, 2.45) is 5.41 Å². The number of fused-ring (bicyclic) bond motifs is 2. The van der Waals surface area contributed by atoms with E-state index in [0.29, 0.717) is 30.8 Å². The van der Waals surface area contributed by atoms with Crippen molar-refractivity contribution >= 4 is 16.5 Å². The Morgan fingerprint density at radius 1 is 1.11 bits per heavy atom. The fourth-order valence-corrected chi connectivity index (χ4v) is 5.98. The van der Waals surface area contributed by atoms with Crippen LogP contribution < -0.4 is 9.64 Å². The van der Waals surface area contributed by atoms with E-state index in [4.69, 9.17) is 19.4 Å². The Bertz CT molecular complexity index is 1300.